The van der Waals surface area contributed by atoms with E-state index in [9.17, 15) is 4.79 Å². The Morgan fingerprint density at radius 2 is 1.92 bits per heavy atom. The standard InChI is InChI=1S/C22H24N2O/c1-3-4-5-6-9-15-24-21-18(12-10-14-23-21)16-20(22(24)25)19-13-8-7-11-17(19)2/h3,7-8,10-14,16H,1,4-6,9,15H2,2H3. The van der Waals surface area contributed by atoms with Crippen LogP contribution in [0.2, 0.25) is 0 Å². The minimum absolute atomic E-state index is 0.0456. The monoisotopic (exact) mass is 332 g/mol. The Hall–Kier alpha value is -2.68. The highest BCUT2D eigenvalue weighted by Gasteiger charge is 2.12. The smallest absolute Gasteiger partial charge is 0.260 e. The van der Waals surface area contributed by atoms with Crippen LogP contribution >= 0.6 is 0 Å². The molecule has 0 saturated heterocycles. The normalized spacial score (nSPS) is 10.9. The number of allylic oxidation sites excluding steroid dienone is 1. The average Bonchev–Trinajstić information content (AvgIpc) is 2.63. The van der Waals surface area contributed by atoms with Crippen molar-refractivity contribution in [2.75, 3.05) is 0 Å². The minimum Gasteiger partial charge on any atom is -0.292 e. The van der Waals surface area contributed by atoms with E-state index in [0.29, 0.717) is 6.54 Å². The van der Waals surface area contributed by atoms with E-state index >= 15 is 0 Å². The van der Waals surface area contributed by atoms with Crippen molar-refractivity contribution in [1.29, 1.82) is 0 Å². The fourth-order valence-corrected chi connectivity index (χ4v) is 3.22. The van der Waals surface area contributed by atoms with E-state index in [1.807, 2.05) is 60.0 Å². The second-order valence-corrected chi connectivity index (χ2v) is 6.38. The van der Waals surface area contributed by atoms with Crippen molar-refractivity contribution in [3.05, 3.63) is 77.2 Å². The maximum Gasteiger partial charge on any atom is 0.260 e. The first-order valence-corrected chi connectivity index (χ1v) is 8.88. The fourth-order valence-electron chi connectivity index (χ4n) is 3.22. The first-order valence-electron chi connectivity index (χ1n) is 8.88. The fraction of sp³-hybridized carbons (Fsp3) is 0.273. The molecule has 0 amide bonds. The summed E-state index contributed by atoms with van der Waals surface area (Å²) in [5, 5.41) is 1.01. The predicted molar refractivity (Wildman–Crippen MR) is 105 cm³/mol. The van der Waals surface area contributed by atoms with Crippen LogP contribution < -0.4 is 5.56 Å². The van der Waals surface area contributed by atoms with E-state index < -0.39 is 0 Å². The molecule has 0 bridgehead atoms. The summed E-state index contributed by atoms with van der Waals surface area (Å²) in [5.41, 5.74) is 3.68. The van der Waals surface area contributed by atoms with Crippen LogP contribution in [0.15, 0.2) is 66.1 Å². The van der Waals surface area contributed by atoms with Gasteiger partial charge in [-0.25, -0.2) is 4.98 Å². The Kier molecular flexibility index (Phi) is 5.44. The third-order valence-electron chi connectivity index (χ3n) is 4.57. The van der Waals surface area contributed by atoms with Crippen LogP contribution in [0.1, 0.15) is 31.2 Å². The predicted octanol–water partition coefficient (Wildman–Crippen LogP) is 5.12. The summed E-state index contributed by atoms with van der Waals surface area (Å²) in [5.74, 6) is 0. The molecule has 3 nitrogen and oxygen atoms in total. The number of aryl methyl sites for hydroxylation is 2. The summed E-state index contributed by atoms with van der Waals surface area (Å²) in [6.07, 6.45) is 7.89. The zero-order valence-corrected chi connectivity index (χ0v) is 14.7. The van der Waals surface area contributed by atoms with Gasteiger partial charge in [0.15, 0.2) is 0 Å². The lowest BCUT2D eigenvalue weighted by Gasteiger charge is -2.13. The number of hydrogen-bond acceptors (Lipinski definition) is 2. The third-order valence-corrected chi connectivity index (χ3v) is 4.57. The molecule has 128 valence electrons. The number of unbranched alkanes of at least 4 members (excludes halogenated alkanes) is 3. The van der Waals surface area contributed by atoms with E-state index in [-0.39, 0.29) is 5.56 Å². The van der Waals surface area contributed by atoms with Crippen LogP contribution in [-0.4, -0.2) is 9.55 Å². The summed E-state index contributed by atoms with van der Waals surface area (Å²) in [7, 11) is 0. The van der Waals surface area contributed by atoms with Gasteiger partial charge in [-0.1, -0.05) is 36.8 Å². The molecule has 1 aromatic carbocycles. The second kappa shape index (κ2) is 7.93. The molecule has 0 aliphatic carbocycles. The van der Waals surface area contributed by atoms with Crippen LogP contribution in [-0.2, 0) is 6.54 Å². The average molecular weight is 332 g/mol. The largest absolute Gasteiger partial charge is 0.292 e. The number of fused-ring (bicyclic) bond motifs is 1. The van der Waals surface area contributed by atoms with Crippen LogP contribution in [0.5, 0.6) is 0 Å². The van der Waals surface area contributed by atoms with Crippen LogP contribution in [0.3, 0.4) is 0 Å². The van der Waals surface area contributed by atoms with Gasteiger partial charge in [0.1, 0.15) is 5.65 Å². The van der Waals surface area contributed by atoms with E-state index in [0.717, 1.165) is 53.4 Å². The maximum atomic E-state index is 13.2. The SMILES string of the molecule is C=CCCCCCn1c(=O)c(-c2ccccc2C)cc2cccnc21. The molecule has 0 unspecified atom stereocenters. The van der Waals surface area contributed by atoms with Gasteiger partial charge < -0.3 is 0 Å². The van der Waals surface area contributed by atoms with Crippen molar-refractivity contribution in [2.45, 2.75) is 39.2 Å². The molecule has 3 rings (SSSR count). The molecule has 0 spiro atoms. The first-order chi connectivity index (χ1) is 12.2. The number of benzene rings is 1. The van der Waals surface area contributed by atoms with Gasteiger partial charge in [0.05, 0.1) is 0 Å². The lowest BCUT2D eigenvalue weighted by atomic mass is 10.0. The Morgan fingerprint density at radius 3 is 2.72 bits per heavy atom. The Bertz CT molecular complexity index is 940. The van der Waals surface area contributed by atoms with Gasteiger partial charge >= 0.3 is 0 Å². The lowest BCUT2D eigenvalue weighted by Crippen LogP contribution is -2.23. The van der Waals surface area contributed by atoms with Gasteiger partial charge in [0.25, 0.3) is 5.56 Å². The molecule has 25 heavy (non-hydrogen) atoms. The molecule has 0 aliphatic rings. The Morgan fingerprint density at radius 1 is 1.08 bits per heavy atom. The summed E-state index contributed by atoms with van der Waals surface area (Å²) in [4.78, 5) is 17.6. The Labute approximate surface area is 148 Å². The number of hydrogen-bond donors (Lipinski definition) is 0. The third kappa shape index (κ3) is 3.71. The molecule has 2 heterocycles. The van der Waals surface area contributed by atoms with Gasteiger partial charge in [-0.05, 0) is 55.5 Å². The van der Waals surface area contributed by atoms with Crippen molar-refractivity contribution in [2.24, 2.45) is 0 Å². The summed E-state index contributed by atoms with van der Waals surface area (Å²) in [6.45, 7) is 6.50. The summed E-state index contributed by atoms with van der Waals surface area (Å²) in [6, 6.07) is 14.0. The van der Waals surface area contributed by atoms with E-state index in [2.05, 4.69) is 11.6 Å². The number of aromatic nitrogens is 2. The van der Waals surface area contributed by atoms with Crippen LogP contribution in [0, 0.1) is 6.92 Å². The van der Waals surface area contributed by atoms with Gasteiger partial charge in [-0.15, -0.1) is 6.58 Å². The first kappa shape index (κ1) is 17.2. The highest BCUT2D eigenvalue weighted by atomic mass is 16.1. The zero-order chi connectivity index (χ0) is 17.6. The van der Waals surface area contributed by atoms with E-state index in [1.54, 1.807) is 6.20 Å². The van der Waals surface area contributed by atoms with Gasteiger partial charge in [-0.3, -0.25) is 9.36 Å². The molecule has 0 N–H and O–H groups in total. The molecule has 2 aromatic heterocycles. The molecule has 0 saturated carbocycles. The number of nitrogens with zero attached hydrogens (tertiary/aromatic N) is 2. The van der Waals surface area contributed by atoms with Crippen molar-refractivity contribution in [3.8, 4) is 11.1 Å². The summed E-state index contributed by atoms with van der Waals surface area (Å²) < 4.78 is 1.84. The molecule has 0 fully saturated rings. The van der Waals surface area contributed by atoms with Crippen LogP contribution in [0.25, 0.3) is 22.2 Å². The molecular formula is C22H24N2O. The molecule has 0 radical (unpaired) electrons. The summed E-state index contributed by atoms with van der Waals surface area (Å²) >= 11 is 0. The molecule has 3 heteroatoms. The van der Waals surface area contributed by atoms with Gasteiger partial charge in [-0.2, -0.15) is 0 Å². The molecule has 0 aliphatic heterocycles. The minimum atomic E-state index is 0.0456. The number of pyridine rings is 2. The van der Waals surface area contributed by atoms with E-state index in [4.69, 9.17) is 0 Å². The molecule has 0 atom stereocenters. The highest BCUT2D eigenvalue weighted by molar-refractivity contribution is 5.82. The maximum absolute atomic E-state index is 13.2. The topological polar surface area (TPSA) is 34.9 Å². The Balaban J connectivity index is 2.05. The van der Waals surface area contributed by atoms with Crippen molar-refractivity contribution < 1.29 is 0 Å². The van der Waals surface area contributed by atoms with Crippen molar-refractivity contribution in [3.63, 3.8) is 0 Å². The quantitative estimate of drug-likeness (QED) is 0.445. The van der Waals surface area contributed by atoms with Crippen LogP contribution in [0.4, 0.5) is 0 Å². The lowest BCUT2D eigenvalue weighted by molar-refractivity contribution is 0.588. The highest BCUT2D eigenvalue weighted by Crippen LogP contribution is 2.23. The molecule has 3 aromatic rings. The van der Waals surface area contributed by atoms with Crippen molar-refractivity contribution in [1.82, 2.24) is 9.55 Å². The number of rotatable bonds is 7. The van der Waals surface area contributed by atoms with Gasteiger partial charge in [0.2, 0.25) is 0 Å². The van der Waals surface area contributed by atoms with Crippen molar-refractivity contribution >= 4 is 11.0 Å². The van der Waals surface area contributed by atoms with Gasteiger partial charge in [0, 0.05) is 23.7 Å². The van der Waals surface area contributed by atoms with E-state index in [1.165, 1.54) is 0 Å². The second-order valence-electron chi connectivity index (χ2n) is 6.38. The molecular weight excluding hydrogens is 308 g/mol. The zero-order valence-electron chi connectivity index (χ0n) is 14.7.